The summed E-state index contributed by atoms with van der Waals surface area (Å²) >= 11 is 0. The lowest BCUT2D eigenvalue weighted by Crippen LogP contribution is -1.99. The van der Waals surface area contributed by atoms with Gasteiger partial charge in [0.25, 0.3) is 0 Å². The zero-order valence-corrected chi connectivity index (χ0v) is 14.5. The van der Waals surface area contributed by atoms with Crippen LogP contribution in [0, 0.1) is 6.92 Å². The quantitative estimate of drug-likeness (QED) is 0.546. The molecule has 0 bridgehead atoms. The van der Waals surface area contributed by atoms with Crippen molar-refractivity contribution in [2.24, 2.45) is 4.99 Å². The summed E-state index contributed by atoms with van der Waals surface area (Å²) in [4.78, 5) is 11.6. The van der Waals surface area contributed by atoms with Crippen LogP contribution < -0.4 is 0 Å². The Balaban J connectivity index is 1.84. The van der Waals surface area contributed by atoms with E-state index in [1.54, 1.807) is 6.20 Å². The van der Waals surface area contributed by atoms with E-state index in [4.69, 9.17) is 0 Å². The van der Waals surface area contributed by atoms with Gasteiger partial charge >= 0.3 is 0 Å². The minimum atomic E-state index is 0.706. The molecule has 0 aliphatic rings. The van der Waals surface area contributed by atoms with Crippen molar-refractivity contribution in [1.82, 2.24) is 19.7 Å². The van der Waals surface area contributed by atoms with Gasteiger partial charge in [0.15, 0.2) is 5.82 Å². The second-order valence-electron chi connectivity index (χ2n) is 5.76. The second kappa shape index (κ2) is 7.57. The van der Waals surface area contributed by atoms with E-state index < -0.39 is 0 Å². The maximum absolute atomic E-state index is 4.47. The molecular weight excluding hydrogens is 310 g/mol. The Morgan fingerprint density at radius 2 is 2.08 bits per heavy atom. The SMILES string of the molecule is C=N/C(=C\C(=C/C)c1cnn(Cc2ccccc2)c1)c1ncc(C)[nH]1. The molecule has 1 N–H and O–H groups in total. The fraction of sp³-hybridized carbons (Fsp3) is 0.150. The Kier molecular flexibility index (Phi) is 5.04. The maximum Gasteiger partial charge on any atom is 0.156 e. The lowest BCUT2D eigenvalue weighted by molar-refractivity contribution is 0.687. The van der Waals surface area contributed by atoms with Gasteiger partial charge in [0.2, 0.25) is 0 Å². The van der Waals surface area contributed by atoms with E-state index >= 15 is 0 Å². The van der Waals surface area contributed by atoms with Crippen molar-refractivity contribution in [2.45, 2.75) is 20.4 Å². The average molecular weight is 331 g/mol. The number of hydrogen-bond donors (Lipinski definition) is 1. The topological polar surface area (TPSA) is 58.9 Å². The van der Waals surface area contributed by atoms with Crippen molar-refractivity contribution in [3.05, 3.63) is 83.7 Å². The number of nitrogens with zero attached hydrogens (tertiary/aromatic N) is 4. The van der Waals surface area contributed by atoms with Gasteiger partial charge < -0.3 is 4.98 Å². The van der Waals surface area contributed by atoms with E-state index in [9.17, 15) is 0 Å². The molecule has 25 heavy (non-hydrogen) atoms. The van der Waals surface area contributed by atoms with Crippen molar-refractivity contribution in [1.29, 1.82) is 0 Å². The highest BCUT2D eigenvalue weighted by molar-refractivity contribution is 5.82. The van der Waals surface area contributed by atoms with Crippen LogP contribution in [0.2, 0.25) is 0 Å². The fourth-order valence-electron chi connectivity index (χ4n) is 2.58. The molecule has 5 heteroatoms. The van der Waals surface area contributed by atoms with Crippen LogP contribution in [0.3, 0.4) is 0 Å². The fourth-order valence-corrected chi connectivity index (χ4v) is 2.58. The van der Waals surface area contributed by atoms with Crippen molar-refractivity contribution >= 4 is 18.0 Å². The summed E-state index contributed by atoms with van der Waals surface area (Å²) in [5.74, 6) is 0.712. The average Bonchev–Trinajstić information content (AvgIpc) is 3.26. The van der Waals surface area contributed by atoms with Crippen molar-refractivity contribution in [2.75, 3.05) is 0 Å². The normalized spacial score (nSPS) is 12.4. The largest absolute Gasteiger partial charge is 0.341 e. The van der Waals surface area contributed by atoms with E-state index in [2.05, 4.69) is 38.9 Å². The first-order chi connectivity index (χ1) is 12.2. The van der Waals surface area contributed by atoms with E-state index in [0.29, 0.717) is 11.5 Å². The molecule has 5 nitrogen and oxygen atoms in total. The maximum atomic E-state index is 4.47. The molecular formula is C20H21N5. The predicted molar refractivity (Wildman–Crippen MR) is 102 cm³/mol. The Labute approximate surface area is 147 Å². The molecule has 0 saturated carbocycles. The number of aryl methyl sites for hydroxylation is 1. The zero-order valence-electron chi connectivity index (χ0n) is 14.5. The summed E-state index contributed by atoms with van der Waals surface area (Å²) in [6.45, 7) is 8.36. The number of hydrogen-bond acceptors (Lipinski definition) is 3. The molecule has 0 radical (unpaired) electrons. The Morgan fingerprint density at radius 3 is 2.72 bits per heavy atom. The highest BCUT2D eigenvalue weighted by Gasteiger charge is 2.08. The van der Waals surface area contributed by atoms with E-state index in [1.807, 2.05) is 61.3 Å². The van der Waals surface area contributed by atoms with Gasteiger partial charge in [-0.2, -0.15) is 5.10 Å². The van der Waals surface area contributed by atoms with Crippen molar-refractivity contribution in [3.8, 4) is 0 Å². The lowest BCUT2D eigenvalue weighted by atomic mass is 10.1. The molecule has 0 aliphatic carbocycles. The van der Waals surface area contributed by atoms with Crippen LogP contribution >= 0.6 is 0 Å². The number of benzene rings is 1. The number of allylic oxidation sites excluding steroid dienone is 3. The predicted octanol–water partition coefficient (Wildman–Crippen LogP) is 4.11. The van der Waals surface area contributed by atoms with Crippen LogP contribution in [0.25, 0.3) is 11.3 Å². The van der Waals surface area contributed by atoms with Crippen molar-refractivity contribution in [3.63, 3.8) is 0 Å². The molecule has 126 valence electrons. The van der Waals surface area contributed by atoms with Gasteiger partial charge in [-0.15, -0.1) is 0 Å². The Hall–Kier alpha value is -3.21. The number of imidazole rings is 1. The number of aliphatic imine (C=N–C) groups is 1. The third-order valence-electron chi connectivity index (χ3n) is 3.87. The summed E-state index contributed by atoms with van der Waals surface area (Å²) in [6, 6.07) is 10.3. The van der Waals surface area contributed by atoms with Crippen LogP contribution in [0.15, 0.2) is 66.1 Å². The van der Waals surface area contributed by atoms with Gasteiger partial charge in [0.05, 0.1) is 12.7 Å². The van der Waals surface area contributed by atoms with Gasteiger partial charge in [-0.1, -0.05) is 36.4 Å². The molecule has 2 aromatic heterocycles. The molecule has 0 amide bonds. The molecule has 0 aliphatic heterocycles. The number of rotatable bonds is 6. The van der Waals surface area contributed by atoms with Crippen LogP contribution in [0.5, 0.6) is 0 Å². The van der Waals surface area contributed by atoms with Gasteiger partial charge in [-0.3, -0.25) is 9.67 Å². The third kappa shape index (κ3) is 4.01. The zero-order chi connectivity index (χ0) is 17.6. The molecule has 0 saturated heterocycles. The molecule has 0 atom stereocenters. The number of nitrogens with one attached hydrogen (secondary N) is 1. The van der Waals surface area contributed by atoms with Crippen LogP contribution in [-0.4, -0.2) is 26.5 Å². The highest BCUT2D eigenvalue weighted by atomic mass is 15.3. The van der Waals surface area contributed by atoms with E-state index in [0.717, 1.165) is 23.4 Å². The molecule has 2 heterocycles. The molecule has 1 aromatic carbocycles. The first-order valence-electron chi connectivity index (χ1n) is 8.13. The third-order valence-corrected chi connectivity index (χ3v) is 3.87. The van der Waals surface area contributed by atoms with Gasteiger partial charge in [-0.05, 0) is 37.8 Å². The van der Waals surface area contributed by atoms with Crippen LogP contribution in [0.1, 0.15) is 29.6 Å². The molecule has 0 fully saturated rings. The first kappa shape index (κ1) is 16.6. The molecule has 0 spiro atoms. The molecule has 3 aromatic rings. The van der Waals surface area contributed by atoms with Gasteiger partial charge in [0.1, 0.15) is 5.70 Å². The summed E-state index contributed by atoms with van der Waals surface area (Å²) in [7, 11) is 0. The lowest BCUT2D eigenvalue weighted by Gasteiger charge is -2.02. The summed E-state index contributed by atoms with van der Waals surface area (Å²) in [6.07, 6.45) is 9.68. The van der Waals surface area contributed by atoms with Crippen LogP contribution in [-0.2, 0) is 6.54 Å². The minimum absolute atomic E-state index is 0.706. The van der Waals surface area contributed by atoms with Crippen molar-refractivity contribution < 1.29 is 0 Å². The number of H-pyrrole nitrogens is 1. The number of aromatic nitrogens is 4. The first-order valence-corrected chi connectivity index (χ1v) is 8.13. The van der Waals surface area contributed by atoms with E-state index in [1.165, 1.54) is 5.56 Å². The number of aromatic amines is 1. The highest BCUT2D eigenvalue weighted by Crippen LogP contribution is 2.22. The van der Waals surface area contributed by atoms with Gasteiger partial charge in [-0.25, -0.2) is 4.98 Å². The molecule has 0 unspecified atom stereocenters. The summed E-state index contributed by atoms with van der Waals surface area (Å²) < 4.78 is 1.93. The molecule has 3 rings (SSSR count). The second-order valence-corrected chi connectivity index (χ2v) is 5.76. The standard InChI is InChI=1S/C20H21N5/c1-4-17(10-19(21-3)20-22-11-15(2)24-20)18-12-23-25(14-18)13-16-8-6-5-7-9-16/h4-12,14H,3,13H2,1-2H3,(H,22,24)/b17-4+,19-10-. The van der Waals surface area contributed by atoms with E-state index in [-0.39, 0.29) is 0 Å². The Bertz CT molecular complexity index is 912. The minimum Gasteiger partial charge on any atom is -0.341 e. The summed E-state index contributed by atoms with van der Waals surface area (Å²) in [5.41, 5.74) is 4.96. The summed E-state index contributed by atoms with van der Waals surface area (Å²) in [5, 5.41) is 4.47. The smallest absolute Gasteiger partial charge is 0.156 e. The Morgan fingerprint density at radius 1 is 1.28 bits per heavy atom. The monoisotopic (exact) mass is 331 g/mol. The van der Waals surface area contributed by atoms with Gasteiger partial charge in [0, 0.05) is 23.7 Å². The van der Waals surface area contributed by atoms with Crippen LogP contribution in [0.4, 0.5) is 0 Å².